The lowest BCUT2D eigenvalue weighted by atomic mass is 9.93. The molecule has 9 rings (SSSR count). The molecule has 0 saturated heterocycles. The van der Waals surface area contributed by atoms with Crippen molar-refractivity contribution in [3.8, 4) is 39.1 Å². The lowest BCUT2D eigenvalue weighted by Crippen LogP contribution is -1.94. The average molecular weight is 578 g/mol. The molecule has 0 spiro atoms. The van der Waals surface area contributed by atoms with E-state index in [0.29, 0.717) is 0 Å². The fraction of sp³-hybridized carbons (Fsp3) is 0. The fourth-order valence-electron chi connectivity index (χ4n) is 6.68. The summed E-state index contributed by atoms with van der Waals surface area (Å²) in [6.45, 7) is 0. The van der Waals surface area contributed by atoms with Gasteiger partial charge in [0.2, 0.25) is 0 Å². The van der Waals surface area contributed by atoms with Gasteiger partial charge in [0.25, 0.3) is 0 Å². The molecule has 44 heavy (non-hydrogen) atoms. The number of benzene rings is 7. The van der Waals surface area contributed by atoms with Crippen molar-refractivity contribution in [2.45, 2.75) is 0 Å². The summed E-state index contributed by atoms with van der Waals surface area (Å²) >= 11 is 1.88. The van der Waals surface area contributed by atoms with Crippen molar-refractivity contribution in [2.75, 3.05) is 0 Å². The van der Waals surface area contributed by atoms with Crippen molar-refractivity contribution in [2.24, 2.45) is 0 Å². The van der Waals surface area contributed by atoms with E-state index in [9.17, 15) is 0 Å². The molecule has 0 bridgehead atoms. The highest BCUT2D eigenvalue weighted by Crippen LogP contribution is 2.41. The summed E-state index contributed by atoms with van der Waals surface area (Å²) in [6.07, 6.45) is 0. The molecule has 2 heteroatoms. The minimum Gasteiger partial charge on any atom is -0.309 e. The van der Waals surface area contributed by atoms with E-state index in [0.717, 1.165) is 0 Å². The number of thiophene rings is 1. The van der Waals surface area contributed by atoms with Gasteiger partial charge in [-0.1, -0.05) is 109 Å². The quantitative estimate of drug-likeness (QED) is 0.196. The van der Waals surface area contributed by atoms with Crippen molar-refractivity contribution in [1.82, 2.24) is 4.57 Å². The second-order valence-corrected chi connectivity index (χ2v) is 12.5. The number of hydrogen-bond acceptors (Lipinski definition) is 1. The zero-order valence-corrected chi connectivity index (χ0v) is 24.8. The van der Waals surface area contributed by atoms with Gasteiger partial charge < -0.3 is 4.57 Å². The molecule has 9 aromatic rings. The Morgan fingerprint density at radius 1 is 0.318 bits per heavy atom. The number of nitrogens with zero attached hydrogens (tertiary/aromatic N) is 1. The molecule has 0 amide bonds. The highest BCUT2D eigenvalue weighted by molar-refractivity contribution is 7.25. The summed E-state index contributed by atoms with van der Waals surface area (Å²) in [7, 11) is 0. The topological polar surface area (TPSA) is 4.93 Å². The number of fused-ring (bicyclic) bond motifs is 6. The van der Waals surface area contributed by atoms with Crippen LogP contribution in [0.4, 0.5) is 0 Å². The summed E-state index contributed by atoms with van der Waals surface area (Å²) in [5.74, 6) is 0. The van der Waals surface area contributed by atoms with E-state index in [1.165, 1.54) is 81.0 Å². The zero-order chi connectivity index (χ0) is 29.0. The Morgan fingerprint density at radius 3 is 1.64 bits per heavy atom. The molecular formula is C42H27NS. The molecule has 0 aliphatic heterocycles. The van der Waals surface area contributed by atoms with Gasteiger partial charge in [-0.3, -0.25) is 0 Å². The Hall–Kier alpha value is -5.44. The van der Waals surface area contributed by atoms with Gasteiger partial charge in [0.15, 0.2) is 0 Å². The summed E-state index contributed by atoms with van der Waals surface area (Å²) in [5, 5.41) is 5.24. The minimum atomic E-state index is 1.17. The monoisotopic (exact) mass is 577 g/mol. The highest BCUT2D eigenvalue weighted by Gasteiger charge is 2.16. The maximum Gasteiger partial charge on any atom is 0.0555 e. The number of para-hydroxylation sites is 1. The predicted molar refractivity (Wildman–Crippen MR) is 190 cm³/mol. The molecule has 206 valence electrons. The largest absolute Gasteiger partial charge is 0.309 e. The number of hydrogen-bond donors (Lipinski definition) is 0. The average Bonchev–Trinajstić information content (AvgIpc) is 3.62. The third-order valence-corrected chi connectivity index (χ3v) is 9.89. The van der Waals surface area contributed by atoms with Crippen molar-refractivity contribution in [1.29, 1.82) is 0 Å². The second kappa shape index (κ2) is 10.1. The van der Waals surface area contributed by atoms with Gasteiger partial charge in [-0.05, 0) is 88.0 Å². The van der Waals surface area contributed by atoms with Crippen molar-refractivity contribution in [3.63, 3.8) is 0 Å². The smallest absolute Gasteiger partial charge is 0.0555 e. The number of aromatic nitrogens is 1. The Bertz CT molecular complexity index is 2420. The Balaban J connectivity index is 1.27. The third-order valence-electron chi connectivity index (χ3n) is 8.76. The Labute approximate surface area is 259 Å². The lowest BCUT2D eigenvalue weighted by molar-refractivity contribution is 1.18. The molecule has 2 heterocycles. The van der Waals surface area contributed by atoms with Crippen LogP contribution in [0.2, 0.25) is 0 Å². The van der Waals surface area contributed by atoms with Crippen LogP contribution < -0.4 is 0 Å². The molecule has 0 unspecified atom stereocenters. The first kappa shape index (κ1) is 25.1. The van der Waals surface area contributed by atoms with Crippen molar-refractivity contribution in [3.05, 3.63) is 164 Å². The molecule has 0 atom stereocenters. The summed E-state index contributed by atoms with van der Waals surface area (Å²) < 4.78 is 5.10. The van der Waals surface area contributed by atoms with E-state index in [2.05, 4.69) is 168 Å². The third kappa shape index (κ3) is 4.07. The first-order valence-electron chi connectivity index (χ1n) is 15.0. The van der Waals surface area contributed by atoms with Crippen LogP contribution in [0.15, 0.2) is 164 Å². The van der Waals surface area contributed by atoms with E-state index < -0.39 is 0 Å². The van der Waals surface area contributed by atoms with E-state index in [4.69, 9.17) is 0 Å². The molecule has 2 aromatic heterocycles. The van der Waals surface area contributed by atoms with Gasteiger partial charge >= 0.3 is 0 Å². The Morgan fingerprint density at radius 2 is 0.909 bits per heavy atom. The normalized spacial score (nSPS) is 11.6. The van der Waals surface area contributed by atoms with Crippen LogP contribution in [0.25, 0.3) is 81.0 Å². The molecule has 0 radical (unpaired) electrons. The maximum absolute atomic E-state index is 2.44. The van der Waals surface area contributed by atoms with Gasteiger partial charge in [-0.25, -0.2) is 0 Å². The molecule has 1 nitrogen and oxygen atoms in total. The van der Waals surface area contributed by atoms with Gasteiger partial charge in [0.1, 0.15) is 0 Å². The van der Waals surface area contributed by atoms with E-state index in [-0.39, 0.29) is 0 Å². The van der Waals surface area contributed by atoms with E-state index in [1.54, 1.807) is 0 Å². The maximum atomic E-state index is 2.44. The minimum absolute atomic E-state index is 1.17. The van der Waals surface area contributed by atoms with Gasteiger partial charge in [-0.15, -0.1) is 11.3 Å². The molecule has 0 aliphatic rings. The standard InChI is InChI=1S/C42H27NS/c1-3-12-28(13-4-1)31-22-32(29-14-5-2-6-15-29)24-33(23-31)30-16-11-17-34(25-30)43-39-20-9-7-18-35(39)37-26-38-36-19-8-10-21-41(36)44-42(38)27-40(37)43/h1-27H. The van der Waals surface area contributed by atoms with Crippen LogP contribution in [0, 0.1) is 0 Å². The van der Waals surface area contributed by atoms with Gasteiger partial charge in [0, 0.05) is 36.6 Å². The van der Waals surface area contributed by atoms with E-state index in [1.807, 2.05) is 11.3 Å². The van der Waals surface area contributed by atoms with E-state index >= 15 is 0 Å². The summed E-state index contributed by atoms with van der Waals surface area (Å²) in [4.78, 5) is 0. The number of rotatable bonds is 4. The first-order valence-corrected chi connectivity index (χ1v) is 15.8. The lowest BCUT2D eigenvalue weighted by Gasteiger charge is -2.13. The van der Waals surface area contributed by atoms with Gasteiger partial charge in [0.05, 0.1) is 11.0 Å². The van der Waals surface area contributed by atoms with Crippen LogP contribution in [0.5, 0.6) is 0 Å². The SMILES string of the molecule is c1ccc(-c2cc(-c3ccccc3)cc(-c3cccc(-n4c5ccccc5c5cc6c(cc54)sc4ccccc46)c3)c2)cc1. The highest BCUT2D eigenvalue weighted by atomic mass is 32.1. The van der Waals surface area contributed by atoms with Crippen molar-refractivity contribution >= 4 is 53.3 Å². The van der Waals surface area contributed by atoms with Crippen LogP contribution in [-0.2, 0) is 0 Å². The van der Waals surface area contributed by atoms with Gasteiger partial charge in [-0.2, -0.15) is 0 Å². The molecule has 7 aromatic carbocycles. The molecule has 0 fully saturated rings. The summed E-state index contributed by atoms with van der Waals surface area (Å²) in [5.41, 5.74) is 10.9. The molecule has 0 aliphatic carbocycles. The van der Waals surface area contributed by atoms with Crippen LogP contribution >= 0.6 is 11.3 Å². The molecule has 0 N–H and O–H groups in total. The first-order chi connectivity index (χ1) is 21.8. The van der Waals surface area contributed by atoms with Crippen molar-refractivity contribution < 1.29 is 0 Å². The van der Waals surface area contributed by atoms with Crippen LogP contribution in [-0.4, -0.2) is 4.57 Å². The fourth-order valence-corrected chi connectivity index (χ4v) is 7.80. The molecular weight excluding hydrogens is 551 g/mol. The molecule has 0 saturated carbocycles. The second-order valence-electron chi connectivity index (χ2n) is 11.4. The predicted octanol–water partition coefficient (Wildman–Crippen LogP) is 12.2. The Kier molecular flexibility index (Phi) is 5.75. The van der Waals surface area contributed by atoms with Crippen LogP contribution in [0.3, 0.4) is 0 Å². The summed E-state index contributed by atoms with van der Waals surface area (Å²) in [6, 6.07) is 59.7. The zero-order valence-electron chi connectivity index (χ0n) is 23.9. The van der Waals surface area contributed by atoms with Crippen LogP contribution in [0.1, 0.15) is 0 Å².